The zero-order valence-electron chi connectivity index (χ0n) is 15.1. The summed E-state index contributed by atoms with van der Waals surface area (Å²) in [6.45, 7) is 11.8. The van der Waals surface area contributed by atoms with Gasteiger partial charge in [0.2, 0.25) is 0 Å². The lowest BCUT2D eigenvalue weighted by molar-refractivity contribution is -0.144. The fourth-order valence-electron chi connectivity index (χ4n) is 3.79. The normalized spacial score (nSPS) is 27.2. The summed E-state index contributed by atoms with van der Waals surface area (Å²) in [6.07, 6.45) is 6.61. The fraction of sp³-hybridized carbons (Fsp3) is 0.944. The van der Waals surface area contributed by atoms with Gasteiger partial charge in [-0.3, -0.25) is 4.79 Å². The van der Waals surface area contributed by atoms with E-state index in [-0.39, 0.29) is 5.97 Å². The van der Waals surface area contributed by atoms with Crippen LogP contribution in [-0.2, 0) is 9.53 Å². The molecule has 0 aromatic rings. The monoisotopic (exact) mass is 329 g/mol. The van der Waals surface area contributed by atoms with Crippen molar-refractivity contribution in [1.29, 1.82) is 0 Å². The van der Waals surface area contributed by atoms with E-state index >= 15 is 0 Å². The van der Waals surface area contributed by atoms with Gasteiger partial charge in [0.15, 0.2) is 0 Å². The molecule has 22 heavy (non-hydrogen) atoms. The zero-order valence-corrected chi connectivity index (χ0v) is 15.9. The number of ether oxygens (including phenoxy) is 1. The summed E-state index contributed by atoms with van der Waals surface area (Å²) >= 11 is 1.80. The van der Waals surface area contributed by atoms with Gasteiger partial charge in [0.25, 0.3) is 0 Å². The summed E-state index contributed by atoms with van der Waals surface area (Å²) in [7, 11) is 0. The van der Waals surface area contributed by atoms with Gasteiger partial charge in [-0.05, 0) is 43.4 Å². The van der Waals surface area contributed by atoms with Crippen LogP contribution in [0.5, 0.6) is 0 Å². The molecule has 0 amide bonds. The van der Waals surface area contributed by atoms with E-state index in [4.69, 9.17) is 10.5 Å². The SMILES string of the molecule is CCOC(=O)C(N)CSC(C)CCC1C(C)CCCC1(C)C. The third-order valence-electron chi connectivity index (χ3n) is 5.21. The second kappa shape index (κ2) is 9.17. The lowest BCUT2D eigenvalue weighted by Crippen LogP contribution is -2.35. The number of esters is 1. The Labute approximate surface area is 141 Å². The van der Waals surface area contributed by atoms with E-state index in [0.29, 0.717) is 23.0 Å². The molecule has 0 saturated heterocycles. The van der Waals surface area contributed by atoms with Gasteiger partial charge in [0.05, 0.1) is 6.61 Å². The van der Waals surface area contributed by atoms with Crippen LogP contribution in [0.15, 0.2) is 0 Å². The molecule has 0 spiro atoms. The largest absolute Gasteiger partial charge is 0.465 e. The smallest absolute Gasteiger partial charge is 0.323 e. The van der Waals surface area contributed by atoms with Gasteiger partial charge < -0.3 is 10.5 Å². The highest BCUT2D eigenvalue weighted by atomic mass is 32.2. The van der Waals surface area contributed by atoms with E-state index in [0.717, 1.165) is 11.8 Å². The molecule has 1 saturated carbocycles. The highest BCUT2D eigenvalue weighted by Crippen LogP contribution is 2.46. The topological polar surface area (TPSA) is 52.3 Å². The number of nitrogens with two attached hydrogens (primary N) is 1. The second-order valence-electron chi connectivity index (χ2n) is 7.54. The minimum Gasteiger partial charge on any atom is -0.465 e. The average Bonchev–Trinajstić information content (AvgIpc) is 2.43. The lowest BCUT2D eigenvalue weighted by Gasteiger charge is -2.43. The molecule has 0 aromatic heterocycles. The summed E-state index contributed by atoms with van der Waals surface area (Å²) in [5.41, 5.74) is 6.34. The van der Waals surface area contributed by atoms with Crippen LogP contribution in [0.3, 0.4) is 0 Å². The molecule has 4 heteroatoms. The Bertz CT molecular complexity index is 346. The average molecular weight is 330 g/mol. The molecule has 130 valence electrons. The molecule has 4 unspecified atom stereocenters. The summed E-state index contributed by atoms with van der Waals surface area (Å²) < 4.78 is 4.96. The van der Waals surface area contributed by atoms with Crippen molar-refractivity contribution in [2.75, 3.05) is 12.4 Å². The first-order chi connectivity index (χ1) is 10.3. The van der Waals surface area contributed by atoms with Gasteiger partial charge in [0.1, 0.15) is 6.04 Å². The van der Waals surface area contributed by atoms with E-state index in [2.05, 4.69) is 27.7 Å². The quantitative estimate of drug-likeness (QED) is 0.677. The number of hydrogen-bond acceptors (Lipinski definition) is 4. The van der Waals surface area contributed by atoms with Crippen LogP contribution in [0.4, 0.5) is 0 Å². The predicted molar refractivity (Wildman–Crippen MR) is 96.0 cm³/mol. The number of hydrogen-bond donors (Lipinski definition) is 1. The Morgan fingerprint density at radius 3 is 2.73 bits per heavy atom. The molecule has 0 radical (unpaired) electrons. The molecule has 3 nitrogen and oxygen atoms in total. The van der Waals surface area contributed by atoms with Crippen molar-refractivity contribution in [3.8, 4) is 0 Å². The second-order valence-corrected chi connectivity index (χ2v) is 9.02. The third-order valence-corrected chi connectivity index (χ3v) is 6.56. The van der Waals surface area contributed by atoms with Crippen molar-refractivity contribution in [1.82, 2.24) is 0 Å². The number of thioether (sulfide) groups is 1. The van der Waals surface area contributed by atoms with Crippen molar-refractivity contribution in [2.45, 2.75) is 78.0 Å². The molecule has 1 rings (SSSR count). The Hall–Kier alpha value is -0.220. The predicted octanol–water partition coefficient (Wildman–Crippen LogP) is 4.24. The van der Waals surface area contributed by atoms with Gasteiger partial charge >= 0.3 is 5.97 Å². The summed E-state index contributed by atoms with van der Waals surface area (Å²) in [4.78, 5) is 11.5. The van der Waals surface area contributed by atoms with Crippen LogP contribution in [0, 0.1) is 17.3 Å². The summed E-state index contributed by atoms with van der Waals surface area (Å²) in [5.74, 6) is 2.04. The minimum atomic E-state index is -0.488. The minimum absolute atomic E-state index is 0.274. The highest BCUT2D eigenvalue weighted by Gasteiger charge is 2.36. The van der Waals surface area contributed by atoms with E-state index in [9.17, 15) is 4.79 Å². The van der Waals surface area contributed by atoms with E-state index in [1.807, 2.05) is 6.92 Å². The lowest BCUT2D eigenvalue weighted by atomic mass is 9.62. The number of carbonyl (C=O) groups excluding carboxylic acids is 1. The van der Waals surface area contributed by atoms with Crippen LogP contribution in [0.25, 0.3) is 0 Å². The first kappa shape index (κ1) is 19.8. The van der Waals surface area contributed by atoms with Crippen LogP contribution in [0.1, 0.15) is 66.7 Å². The molecule has 0 heterocycles. The molecular weight excluding hydrogens is 294 g/mol. The maximum Gasteiger partial charge on any atom is 0.323 e. The zero-order chi connectivity index (χ0) is 16.8. The van der Waals surface area contributed by atoms with Gasteiger partial charge in [-0.25, -0.2) is 0 Å². The Morgan fingerprint density at radius 1 is 1.45 bits per heavy atom. The van der Waals surface area contributed by atoms with Gasteiger partial charge in [0, 0.05) is 11.0 Å². The van der Waals surface area contributed by atoms with Crippen molar-refractivity contribution < 1.29 is 9.53 Å². The number of carbonyl (C=O) groups is 1. The fourth-order valence-corrected chi connectivity index (χ4v) is 4.77. The van der Waals surface area contributed by atoms with Crippen molar-refractivity contribution in [3.63, 3.8) is 0 Å². The maximum atomic E-state index is 11.5. The van der Waals surface area contributed by atoms with Crippen molar-refractivity contribution >= 4 is 17.7 Å². The molecule has 1 fully saturated rings. The molecule has 0 aromatic carbocycles. The number of rotatable bonds is 8. The van der Waals surface area contributed by atoms with E-state index < -0.39 is 6.04 Å². The van der Waals surface area contributed by atoms with Crippen LogP contribution < -0.4 is 5.73 Å². The van der Waals surface area contributed by atoms with E-state index in [1.165, 1.54) is 32.1 Å². The summed E-state index contributed by atoms with van der Waals surface area (Å²) in [6, 6.07) is -0.488. The van der Waals surface area contributed by atoms with Gasteiger partial charge in [-0.1, -0.05) is 40.5 Å². The first-order valence-electron chi connectivity index (χ1n) is 8.81. The molecule has 0 aliphatic heterocycles. The first-order valence-corrected chi connectivity index (χ1v) is 9.86. The molecule has 0 bridgehead atoms. The molecular formula is C18H35NO2S. The van der Waals surface area contributed by atoms with Crippen molar-refractivity contribution in [3.05, 3.63) is 0 Å². The van der Waals surface area contributed by atoms with Gasteiger partial charge in [-0.15, -0.1) is 0 Å². The van der Waals surface area contributed by atoms with Crippen molar-refractivity contribution in [2.24, 2.45) is 23.0 Å². The highest BCUT2D eigenvalue weighted by molar-refractivity contribution is 7.99. The molecule has 1 aliphatic carbocycles. The Kier molecular flexibility index (Phi) is 8.26. The third kappa shape index (κ3) is 6.11. The molecule has 1 aliphatic rings. The standard InChI is InChI=1S/C18H35NO2S/c1-6-21-17(20)16(19)12-22-14(3)9-10-15-13(2)8-7-11-18(15,4)5/h13-16H,6-12,19H2,1-5H3. The molecule has 2 N–H and O–H groups in total. The van der Waals surface area contributed by atoms with Crippen LogP contribution in [-0.4, -0.2) is 29.6 Å². The molecule has 4 atom stereocenters. The van der Waals surface area contributed by atoms with Crippen LogP contribution in [0.2, 0.25) is 0 Å². The Balaban J connectivity index is 2.33. The Morgan fingerprint density at radius 2 is 2.14 bits per heavy atom. The van der Waals surface area contributed by atoms with Crippen LogP contribution >= 0.6 is 11.8 Å². The van der Waals surface area contributed by atoms with E-state index in [1.54, 1.807) is 11.8 Å². The maximum absolute atomic E-state index is 11.5. The van der Waals surface area contributed by atoms with Gasteiger partial charge in [-0.2, -0.15) is 11.8 Å². The summed E-state index contributed by atoms with van der Waals surface area (Å²) in [5, 5.41) is 0.547.